The van der Waals surface area contributed by atoms with E-state index in [9.17, 15) is 4.79 Å². The van der Waals surface area contributed by atoms with Crippen molar-refractivity contribution in [3.05, 3.63) is 17.5 Å². The summed E-state index contributed by atoms with van der Waals surface area (Å²) in [6, 6.07) is 2.42. The summed E-state index contributed by atoms with van der Waals surface area (Å²) in [7, 11) is 0. The van der Waals surface area contributed by atoms with Gasteiger partial charge in [0.15, 0.2) is 5.76 Å². The number of likely N-dealkylation sites (tertiary alicyclic amines) is 1. The molecular weight excluding hydrogens is 254 g/mol. The molecule has 2 aliphatic rings. The number of amides is 2. The molecule has 0 spiro atoms. The van der Waals surface area contributed by atoms with E-state index < -0.39 is 0 Å². The van der Waals surface area contributed by atoms with E-state index in [1.807, 2.05) is 17.9 Å². The van der Waals surface area contributed by atoms with Crippen LogP contribution in [0.25, 0.3) is 0 Å². The van der Waals surface area contributed by atoms with Crippen molar-refractivity contribution in [3.8, 4) is 0 Å². The number of carbonyl (C=O) groups is 1. The normalized spacial score (nSPS) is 24.1. The molecule has 3 rings (SSSR count). The Morgan fingerprint density at radius 2 is 2.10 bits per heavy atom. The Bertz CT molecular complexity index is 465. The van der Waals surface area contributed by atoms with Crippen LogP contribution in [0.5, 0.6) is 0 Å². The number of hydrogen-bond acceptors (Lipinski definition) is 3. The van der Waals surface area contributed by atoms with E-state index in [0.717, 1.165) is 43.7 Å². The summed E-state index contributed by atoms with van der Waals surface area (Å²) < 4.78 is 5.35. The monoisotopic (exact) mass is 277 g/mol. The Morgan fingerprint density at radius 1 is 1.30 bits per heavy atom. The minimum atomic E-state index is 0.0554. The molecule has 1 saturated heterocycles. The molecule has 1 aromatic heterocycles. The Kier molecular flexibility index (Phi) is 3.94. The van der Waals surface area contributed by atoms with Gasteiger partial charge in [-0.1, -0.05) is 24.4 Å². The van der Waals surface area contributed by atoms with Gasteiger partial charge in [-0.05, 0) is 32.6 Å². The van der Waals surface area contributed by atoms with Crippen molar-refractivity contribution in [3.63, 3.8) is 0 Å². The average molecular weight is 277 g/mol. The highest BCUT2D eigenvalue weighted by Crippen LogP contribution is 2.32. The van der Waals surface area contributed by atoms with Crippen molar-refractivity contribution >= 4 is 6.03 Å². The number of aryl methyl sites for hydroxylation is 1. The van der Waals surface area contributed by atoms with Gasteiger partial charge in [0, 0.05) is 18.7 Å². The highest BCUT2D eigenvalue weighted by atomic mass is 16.5. The lowest BCUT2D eigenvalue weighted by Crippen LogP contribution is -2.45. The molecule has 5 heteroatoms. The molecule has 1 N–H and O–H groups in total. The van der Waals surface area contributed by atoms with Crippen LogP contribution in [0.3, 0.4) is 0 Å². The molecule has 5 nitrogen and oxygen atoms in total. The van der Waals surface area contributed by atoms with Crippen molar-refractivity contribution < 1.29 is 9.32 Å². The van der Waals surface area contributed by atoms with Crippen molar-refractivity contribution in [2.45, 2.75) is 64.0 Å². The summed E-state index contributed by atoms with van der Waals surface area (Å²) in [6.07, 6.45) is 7.99. The number of nitrogens with one attached hydrogen (secondary N) is 1. The molecule has 0 unspecified atom stereocenters. The molecule has 2 fully saturated rings. The van der Waals surface area contributed by atoms with E-state index in [0.29, 0.717) is 6.04 Å². The largest absolute Gasteiger partial charge is 0.359 e. The zero-order valence-corrected chi connectivity index (χ0v) is 12.1. The van der Waals surface area contributed by atoms with Crippen molar-refractivity contribution in [2.75, 3.05) is 6.54 Å². The van der Waals surface area contributed by atoms with E-state index >= 15 is 0 Å². The molecule has 0 aromatic carbocycles. The second-order valence-corrected chi connectivity index (χ2v) is 6.01. The minimum Gasteiger partial charge on any atom is -0.359 e. The van der Waals surface area contributed by atoms with Crippen LogP contribution < -0.4 is 5.32 Å². The van der Waals surface area contributed by atoms with E-state index in [4.69, 9.17) is 4.52 Å². The third-order valence-corrected chi connectivity index (χ3v) is 4.42. The van der Waals surface area contributed by atoms with Crippen LogP contribution >= 0.6 is 0 Å². The number of urea groups is 1. The Hall–Kier alpha value is -1.52. The SMILES string of the molecule is Cc1cc([C@H]2CCCN2C(=O)NC2CCCCC2)on1. The Labute approximate surface area is 119 Å². The first-order valence-electron chi connectivity index (χ1n) is 7.74. The van der Waals surface area contributed by atoms with Gasteiger partial charge in [0.25, 0.3) is 0 Å². The van der Waals surface area contributed by atoms with E-state index in [-0.39, 0.29) is 12.1 Å². The zero-order chi connectivity index (χ0) is 13.9. The van der Waals surface area contributed by atoms with Gasteiger partial charge in [-0.15, -0.1) is 0 Å². The molecule has 0 bridgehead atoms. The molecule has 1 saturated carbocycles. The predicted molar refractivity (Wildman–Crippen MR) is 75.3 cm³/mol. The number of aromatic nitrogens is 1. The summed E-state index contributed by atoms with van der Waals surface area (Å²) in [4.78, 5) is 14.4. The summed E-state index contributed by atoms with van der Waals surface area (Å²) in [5.74, 6) is 0.818. The fourth-order valence-corrected chi connectivity index (χ4v) is 3.35. The molecule has 1 atom stereocenters. The van der Waals surface area contributed by atoms with Crippen LogP contribution in [0, 0.1) is 6.92 Å². The fourth-order valence-electron chi connectivity index (χ4n) is 3.35. The molecule has 1 aliphatic carbocycles. The second kappa shape index (κ2) is 5.85. The lowest BCUT2D eigenvalue weighted by molar-refractivity contribution is 0.175. The number of rotatable bonds is 2. The summed E-state index contributed by atoms with van der Waals surface area (Å²) >= 11 is 0. The lowest BCUT2D eigenvalue weighted by atomic mass is 9.96. The van der Waals surface area contributed by atoms with Gasteiger partial charge >= 0.3 is 6.03 Å². The molecule has 110 valence electrons. The molecule has 1 aromatic rings. The highest BCUT2D eigenvalue weighted by Gasteiger charge is 2.33. The molecular formula is C15H23N3O2. The van der Waals surface area contributed by atoms with Gasteiger partial charge in [0.05, 0.1) is 11.7 Å². The maximum Gasteiger partial charge on any atom is 0.318 e. The standard InChI is InChI=1S/C15H23N3O2/c1-11-10-14(20-17-11)13-8-5-9-18(13)15(19)16-12-6-3-2-4-7-12/h10,12-13H,2-9H2,1H3,(H,16,19)/t13-/m1/s1. The molecule has 20 heavy (non-hydrogen) atoms. The Balaban J connectivity index is 1.63. The zero-order valence-electron chi connectivity index (χ0n) is 12.1. The van der Waals surface area contributed by atoms with Crippen LogP contribution in [0.1, 0.15) is 62.4 Å². The van der Waals surface area contributed by atoms with Crippen LogP contribution in [-0.4, -0.2) is 28.7 Å². The van der Waals surface area contributed by atoms with E-state index in [1.54, 1.807) is 0 Å². The maximum atomic E-state index is 12.5. The Morgan fingerprint density at radius 3 is 2.80 bits per heavy atom. The van der Waals surface area contributed by atoms with Crippen molar-refractivity contribution in [1.82, 2.24) is 15.4 Å². The first kappa shape index (κ1) is 13.5. The first-order valence-corrected chi connectivity index (χ1v) is 7.74. The van der Waals surface area contributed by atoms with Gasteiger partial charge < -0.3 is 14.7 Å². The highest BCUT2D eigenvalue weighted by molar-refractivity contribution is 5.75. The lowest BCUT2D eigenvalue weighted by Gasteiger charge is -2.28. The topological polar surface area (TPSA) is 58.4 Å². The number of hydrogen-bond donors (Lipinski definition) is 1. The van der Waals surface area contributed by atoms with Crippen LogP contribution in [0.2, 0.25) is 0 Å². The average Bonchev–Trinajstić information content (AvgIpc) is 3.08. The molecule has 0 radical (unpaired) electrons. The summed E-state index contributed by atoms with van der Waals surface area (Å²) in [5, 5.41) is 7.13. The fraction of sp³-hybridized carbons (Fsp3) is 0.733. The minimum absolute atomic E-state index is 0.0554. The maximum absolute atomic E-state index is 12.5. The van der Waals surface area contributed by atoms with E-state index in [1.165, 1.54) is 19.3 Å². The van der Waals surface area contributed by atoms with Crippen LogP contribution in [0.15, 0.2) is 10.6 Å². The van der Waals surface area contributed by atoms with E-state index in [2.05, 4.69) is 10.5 Å². The number of nitrogens with zero attached hydrogens (tertiary/aromatic N) is 2. The van der Waals surface area contributed by atoms with Gasteiger partial charge in [-0.25, -0.2) is 4.79 Å². The van der Waals surface area contributed by atoms with Gasteiger partial charge in [-0.2, -0.15) is 0 Å². The second-order valence-electron chi connectivity index (χ2n) is 6.01. The summed E-state index contributed by atoms with van der Waals surface area (Å²) in [6.45, 7) is 2.72. The third kappa shape index (κ3) is 2.81. The molecule has 2 amide bonds. The van der Waals surface area contributed by atoms with Gasteiger partial charge in [-0.3, -0.25) is 0 Å². The van der Waals surface area contributed by atoms with Crippen LogP contribution in [0.4, 0.5) is 4.79 Å². The van der Waals surface area contributed by atoms with Crippen molar-refractivity contribution in [1.29, 1.82) is 0 Å². The van der Waals surface area contributed by atoms with Crippen molar-refractivity contribution in [2.24, 2.45) is 0 Å². The predicted octanol–water partition coefficient (Wildman–Crippen LogP) is 3.16. The van der Waals surface area contributed by atoms with Crippen LogP contribution in [-0.2, 0) is 0 Å². The number of carbonyl (C=O) groups excluding carboxylic acids is 1. The quantitative estimate of drug-likeness (QED) is 0.903. The van der Waals surface area contributed by atoms with Gasteiger partial charge in [0.1, 0.15) is 0 Å². The molecule has 2 heterocycles. The summed E-state index contributed by atoms with van der Waals surface area (Å²) in [5.41, 5.74) is 0.875. The van der Waals surface area contributed by atoms with Gasteiger partial charge in [0.2, 0.25) is 0 Å². The first-order chi connectivity index (χ1) is 9.74. The third-order valence-electron chi connectivity index (χ3n) is 4.42. The molecule has 1 aliphatic heterocycles. The smallest absolute Gasteiger partial charge is 0.318 e.